The zero-order chi connectivity index (χ0) is 12.0. The molecule has 0 saturated carbocycles. The van der Waals surface area contributed by atoms with Gasteiger partial charge in [-0.2, -0.15) is 11.8 Å². The van der Waals surface area contributed by atoms with Gasteiger partial charge in [-0.15, -0.1) is 0 Å². The van der Waals surface area contributed by atoms with Gasteiger partial charge in [-0.3, -0.25) is 0 Å². The molecule has 2 nitrogen and oxygen atoms in total. The summed E-state index contributed by atoms with van der Waals surface area (Å²) in [5, 5.41) is 3.67. The fraction of sp³-hybridized carbons (Fsp3) is 1.00. The van der Waals surface area contributed by atoms with Crippen LogP contribution < -0.4 is 5.32 Å². The highest BCUT2D eigenvalue weighted by atomic mass is 32.2. The Balaban J connectivity index is 2.03. The number of nitrogens with one attached hydrogen (secondary N) is 1. The fourth-order valence-corrected chi connectivity index (χ4v) is 3.19. The lowest BCUT2D eigenvalue weighted by Gasteiger charge is -2.22. The van der Waals surface area contributed by atoms with E-state index in [1.165, 1.54) is 37.4 Å². The average Bonchev–Trinajstić information content (AvgIpc) is 2.60. The molecule has 0 aromatic rings. The summed E-state index contributed by atoms with van der Waals surface area (Å²) in [6.07, 6.45) is 2.74. The van der Waals surface area contributed by atoms with E-state index in [0.29, 0.717) is 6.04 Å². The van der Waals surface area contributed by atoms with Crippen molar-refractivity contribution in [2.24, 2.45) is 5.92 Å². The summed E-state index contributed by atoms with van der Waals surface area (Å²) in [7, 11) is 2.25. The van der Waals surface area contributed by atoms with E-state index in [9.17, 15) is 0 Å². The Kier molecular flexibility index (Phi) is 6.78. The van der Waals surface area contributed by atoms with Crippen LogP contribution in [0.25, 0.3) is 0 Å². The Morgan fingerprint density at radius 1 is 1.31 bits per heavy atom. The monoisotopic (exact) mass is 244 g/mol. The van der Waals surface area contributed by atoms with Crippen LogP contribution in [0.5, 0.6) is 0 Å². The van der Waals surface area contributed by atoms with Crippen molar-refractivity contribution in [3.05, 3.63) is 0 Å². The third-order valence-corrected chi connectivity index (χ3v) is 4.83. The van der Waals surface area contributed by atoms with Gasteiger partial charge < -0.3 is 10.2 Å². The van der Waals surface area contributed by atoms with Gasteiger partial charge in [0.05, 0.1) is 0 Å². The maximum absolute atomic E-state index is 3.67. The van der Waals surface area contributed by atoms with E-state index < -0.39 is 0 Å². The van der Waals surface area contributed by atoms with Crippen LogP contribution in [0.2, 0.25) is 0 Å². The Hall–Kier alpha value is 0.270. The molecule has 1 saturated heterocycles. The second kappa shape index (κ2) is 7.57. The molecule has 1 aliphatic heterocycles. The van der Waals surface area contributed by atoms with Gasteiger partial charge in [0, 0.05) is 24.4 Å². The Bertz CT molecular complexity index is 185. The van der Waals surface area contributed by atoms with Gasteiger partial charge in [0.15, 0.2) is 0 Å². The first-order chi connectivity index (χ1) is 7.59. The maximum Gasteiger partial charge on any atom is 0.0218 e. The second-order valence-electron chi connectivity index (χ2n) is 5.52. The summed E-state index contributed by atoms with van der Waals surface area (Å²) in [6.45, 7) is 9.34. The van der Waals surface area contributed by atoms with Crippen molar-refractivity contribution in [3.8, 4) is 0 Å². The summed E-state index contributed by atoms with van der Waals surface area (Å²) >= 11 is 2.08. The number of nitrogens with zero attached hydrogens (tertiary/aromatic N) is 1. The maximum atomic E-state index is 3.67. The predicted octanol–water partition coefficient (Wildman–Crippen LogP) is 2.45. The summed E-state index contributed by atoms with van der Waals surface area (Å²) in [6, 6.07) is 1.43. The van der Waals surface area contributed by atoms with Crippen LogP contribution in [0, 0.1) is 5.92 Å². The van der Waals surface area contributed by atoms with E-state index >= 15 is 0 Å². The van der Waals surface area contributed by atoms with Crippen molar-refractivity contribution in [2.45, 2.75) is 45.7 Å². The van der Waals surface area contributed by atoms with Crippen molar-refractivity contribution >= 4 is 11.8 Å². The minimum atomic E-state index is 0.651. The molecule has 2 atom stereocenters. The van der Waals surface area contributed by atoms with Crippen molar-refractivity contribution in [1.29, 1.82) is 0 Å². The molecule has 1 rings (SSSR count). The third kappa shape index (κ3) is 5.55. The standard InChI is InChI=1S/C13H28N2S/c1-11(2)9-16-10-12(3)14-8-13-6-5-7-15(13)4/h11-14H,5-10H2,1-4H3. The van der Waals surface area contributed by atoms with Crippen LogP contribution in [-0.4, -0.2) is 48.6 Å². The molecule has 0 aromatic carbocycles. The predicted molar refractivity (Wildman–Crippen MR) is 75.3 cm³/mol. The molecule has 0 aliphatic carbocycles. The SMILES string of the molecule is CC(C)CSCC(C)NCC1CCCN1C. The Morgan fingerprint density at radius 2 is 2.06 bits per heavy atom. The molecule has 3 heteroatoms. The smallest absolute Gasteiger partial charge is 0.0218 e. The molecule has 16 heavy (non-hydrogen) atoms. The third-order valence-electron chi connectivity index (χ3n) is 3.19. The molecule has 96 valence electrons. The number of thioether (sulfide) groups is 1. The highest BCUT2D eigenvalue weighted by Crippen LogP contribution is 2.14. The first-order valence-electron chi connectivity index (χ1n) is 6.61. The van der Waals surface area contributed by atoms with Gasteiger partial charge in [0.2, 0.25) is 0 Å². The fourth-order valence-electron chi connectivity index (χ4n) is 2.11. The molecule has 0 aromatic heterocycles. The van der Waals surface area contributed by atoms with Gasteiger partial charge >= 0.3 is 0 Å². The molecule has 0 spiro atoms. The van der Waals surface area contributed by atoms with Crippen LogP contribution in [-0.2, 0) is 0 Å². The molecule has 1 heterocycles. The van der Waals surface area contributed by atoms with Gasteiger partial charge in [-0.25, -0.2) is 0 Å². The van der Waals surface area contributed by atoms with E-state index in [1.54, 1.807) is 0 Å². The zero-order valence-corrected chi connectivity index (χ0v) is 12.1. The zero-order valence-electron chi connectivity index (χ0n) is 11.3. The van der Waals surface area contributed by atoms with Crippen LogP contribution in [0.3, 0.4) is 0 Å². The van der Waals surface area contributed by atoms with Crippen LogP contribution >= 0.6 is 11.8 Å². The first-order valence-corrected chi connectivity index (χ1v) is 7.76. The molecule has 2 unspecified atom stereocenters. The Morgan fingerprint density at radius 3 is 2.62 bits per heavy atom. The van der Waals surface area contributed by atoms with E-state index in [4.69, 9.17) is 0 Å². The lowest BCUT2D eigenvalue weighted by Crippen LogP contribution is -2.40. The van der Waals surface area contributed by atoms with E-state index in [0.717, 1.165) is 12.0 Å². The molecular weight excluding hydrogens is 216 g/mol. The second-order valence-corrected chi connectivity index (χ2v) is 6.59. The molecule has 0 amide bonds. The van der Waals surface area contributed by atoms with Crippen molar-refractivity contribution in [2.75, 3.05) is 31.6 Å². The number of likely N-dealkylation sites (N-methyl/N-ethyl adjacent to an activating group) is 1. The van der Waals surface area contributed by atoms with Crippen molar-refractivity contribution in [1.82, 2.24) is 10.2 Å². The Labute approximate surface area is 106 Å². The highest BCUT2D eigenvalue weighted by Gasteiger charge is 2.20. The van der Waals surface area contributed by atoms with Gasteiger partial charge in [0.1, 0.15) is 0 Å². The van der Waals surface area contributed by atoms with Gasteiger partial charge in [-0.05, 0) is 45.0 Å². The van der Waals surface area contributed by atoms with E-state index in [-0.39, 0.29) is 0 Å². The number of hydrogen-bond acceptors (Lipinski definition) is 3. The topological polar surface area (TPSA) is 15.3 Å². The van der Waals surface area contributed by atoms with Gasteiger partial charge in [-0.1, -0.05) is 13.8 Å². The highest BCUT2D eigenvalue weighted by molar-refractivity contribution is 7.99. The summed E-state index contributed by atoms with van der Waals surface area (Å²) in [5.74, 6) is 3.35. The molecular formula is C13H28N2S. The minimum absolute atomic E-state index is 0.651. The first kappa shape index (κ1) is 14.3. The van der Waals surface area contributed by atoms with Crippen LogP contribution in [0.4, 0.5) is 0 Å². The minimum Gasteiger partial charge on any atom is -0.312 e. The normalized spacial score (nSPS) is 24.2. The average molecular weight is 244 g/mol. The quantitative estimate of drug-likeness (QED) is 0.740. The largest absolute Gasteiger partial charge is 0.312 e. The number of likely N-dealkylation sites (tertiary alicyclic amines) is 1. The lowest BCUT2D eigenvalue weighted by molar-refractivity contribution is 0.295. The van der Waals surface area contributed by atoms with E-state index in [1.807, 2.05) is 0 Å². The molecule has 1 aliphatic rings. The lowest BCUT2D eigenvalue weighted by atomic mass is 10.2. The molecule has 1 fully saturated rings. The summed E-state index contributed by atoms with van der Waals surface area (Å²) in [4.78, 5) is 2.49. The van der Waals surface area contributed by atoms with Crippen molar-refractivity contribution < 1.29 is 0 Å². The molecule has 0 bridgehead atoms. The molecule has 0 radical (unpaired) electrons. The summed E-state index contributed by atoms with van der Waals surface area (Å²) < 4.78 is 0. The summed E-state index contributed by atoms with van der Waals surface area (Å²) in [5.41, 5.74) is 0. The van der Waals surface area contributed by atoms with Gasteiger partial charge in [0.25, 0.3) is 0 Å². The van der Waals surface area contributed by atoms with Crippen molar-refractivity contribution in [3.63, 3.8) is 0 Å². The van der Waals surface area contributed by atoms with Crippen LogP contribution in [0.1, 0.15) is 33.6 Å². The number of rotatable bonds is 7. The molecule has 1 N–H and O–H groups in total. The van der Waals surface area contributed by atoms with E-state index in [2.05, 4.69) is 49.8 Å². The van der Waals surface area contributed by atoms with Crippen LogP contribution in [0.15, 0.2) is 0 Å². The number of hydrogen-bond donors (Lipinski definition) is 1.